The van der Waals surface area contributed by atoms with Gasteiger partial charge in [0, 0.05) is 34.9 Å². The number of aryl methyl sites for hydroxylation is 1. The highest BCUT2D eigenvalue weighted by Crippen LogP contribution is 2.29. The van der Waals surface area contributed by atoms with Gasteiger partial charge in [0.15, 0.2) is 0 Å². The molecule has 0 spiro atoms. The number of aliphatic carboxylic acids is 1. The van der Waals surface area contributed by atoms with E-state index in [1.807, 2.05) is 67.6 Å². The lowest BCUT2D eigenvalue weighted by atomic mass is 10.0. The molecule has 12 heteroatoms. The number of nitrogens with one attached hydrogen (secondary N) is 2. The average Bonchev–Trinajstić information content (AvgIpc) is 3.28. The van der Waals surface area contributed by atoms with E-state index in [1.165, 1.54) is 0 Å². The van der Waals surface area contributed by atoms with Crippen LogP contribution in [0.5, 0.6) is 5.75 Å². The van der Waals surface area contributed by atoms with E-state index in [9.17, 15) is 22.8 Å². The van der Waals surface area contributed by atoms with Crippen LogP contribution >= 0.6 is 0 Å². The topological polar surface area (TPSA) is 125 Å². The Hall–Kier alpha value is -4.87. The summed E-state index contributed by atoms with van der Waals surface area (Å²) in [5.41, 5.74) is 4.15. The maximum Gasteiger partial charge on any atom is 0.490 e. The highest BCUT2D eigenvalue weighted by molar-refractivity contribution is 6.01. The average molecular weight is 555 g/mol. The van der Waals surface area contributed by atoms with Crippen molar-refractivity contribution in [1.82, 2.24) is 10.2 Å². The van der Waals surface area contributed by atoms with Crippen molar-refractivity contribution in [3.8, 4) is 17.0 Å². The second kappa shape index (κ2) is 11.5. The van der Waals surface area contributed by atoms with Crippen LogP contribution in [0.15, 0.2) is 71.5 Å². The molecule has 1 amide bonds. The monoisotopic (exact) mass is 554 g/mol. The zero-order chi connectivity index (χ0) is 29.0. The van der Waals surface area contributed by atoms with Gasteiger partial charge in [0.25, 0.3) is 5.56 Å². The molecule has 0 saturated carbocycles. The van der Waals surface area contributed by atoms with Crippen molar-refractivity contribution in [1.29, 1.82) is 0 Å². The number of halogens is 3. The Morgan fingerprint density at radius 3 is 2.35 bits per heavy atom. The first-order chi connectivity index (χ1) is 19.0. The predicted octanol–water partition coefficient (Wildman–Crippen LogP) is 4.76. The van der Waals surface area contributed by atoms with Crippen molar-refractivity contribution in [2.75, 3.05) is 23.9 Å². The summed E-state index contributed by atoms with van der Waals surface area (Å²) in [6.07, 6.45) is -4.37. The summed E-state index contributed by atoms with van der Waals surface area (Å²) in [7, 11) is 1.63. The van der Waals surface area contributed by atoms with Gasteiger partial charge in [-0.15, -0.1) is 0 Å². The van der Waals surface area contributed by atoms with Gasteiger partial charge in [-0.25, -0.2) is 9.89 Å². The molecule has 0 radical (unpaired) electrons. The molecule has 4 aromatic rings. The van der Waals surface area contributed by atoms with Gasteiger partial charge in [-0.3, -0.25) is 9.59 Å². The SMILES string of the molecule is COc1cc(C)cc(NC2CCN(c3ccc(-c4n[nH]c(=O)c5ccccc45)cc3)C2=O)c1.O=C(O)C(F)(F)F. The predicted molar refractivity (Wildman–Crippen MR) is 144 cm³/mol. The van der Waals surface area contributed by atoms with Gasteiger partial charge >= 0.3 is 12.1 Å². The first kappa shape index (κ1) is 28.1. The highest BCUT2D eigenvalue weighted by atomic mass is 19.4. The van der Waals surface area contributed by atoms with Crippen LogP contribution in [0, 0.1) is 6.92 Å². The maximum atomic E-state index is 13.1. The summed E-state index contributed by atoms with van der Waals surface area (Å²) >= 11 is 0. The fourth-order valence-electron chi connectivity index (χ4n) is 4.35. The minimum atomic E-state index is -5.08. The summed E-state index contributed by atoms with van der Waals surface area (Å²) in [4.78, 5) is 35.9. The Bertz CT molecular complexity index is 1600. The van der Waals surface area contributed by atoms with E-state index in [4.69, 9.17) is 14.6 Å². The number of nitrogens with zero attached hydrogens (tertiary/aromatic N) is 2. The molecule has 3 N–H and O–H groups in total. The number of amides is 1. The molecule has 40 heavy (non-hydrogen) atoms. The third-order valence-corrected chi connectivity index (χ3v) is 6.22. The number of methoxy groups -OCH3 is 1. The van der Waals surface area contributed by atoms with Crippen LogP contribution in [0.1, 0.15) is 12.0 Å². The van der Waals surface area contributed by atoms with Gasteiger partial charge in [0.1, 0.15) is 11.8 Å². The van der Waals surface area contributed by atoms with E-state index in [-0.39, 0.29) is 17.5 Å². The highest BCUT2D eigenvalue weighted by Gasteiger charge is 2.38. The molecule has 0 aliphatic carbocycles. The number of H-pyrrole nitrogens is 1. The number of rotatable bonds is 5. The molecule has 2 heterocycles. The number of hydrogen-bond acceptors (Lipinski definition) is 6. The van der Waals surface area contributed by atoms with E-state index in [0.717, 1.165) is 33.6 Å². The fourth-order valence-corrected chi connectivity index (χ4v) is 4.35. The molecule has 1 aliphatic heterocycles. The number of carboxylic acids is 1. The molecular formula is C28H25F3N4O5. The van der Waals surface area contributed by atoms with Gasteiger partial charge in [0.05, 0.1) is 18.2 Å². The van der Waals surface area contributed by atoms with Crippen LogP contribution in [0.2, 0.25) is 0 Å². The largest absolute Gasteiger partial charge is 0.497 e. The Morgan fingerprint density at radius 1 is 1.07 bits per heavy atom. The molecule has 1 saturated heterocycles. The number of benzene rings is 3. The molecule has 208 valence electrons. The third kappa shape index (κ3) is 6.22. The number of alkyl halides is 3. The Morgan fingerprint density at radius 2 is 1.73 bits per heavy atom. The lowest BCUT2D eigenvalue weighted by molar-refractivity contribution is -0.192. The Kier molecular flexibility index (Phi) is 8.08. The van der Waals surface area contributed by atoms with Crippen molar-refractivity contribution in [2.45, 2.75) is 25.6 Å². The number of ether oxygens (including phenoxy) is 1. The molecule has 1 aromatic heterocycles. The number of hydrogen-bond donors (Lipinski definition) is 3. The first-order valence-electron chi connectivity index (χ1n) is 12.1. The molecule has 1 atom stereocenters. The number of aromatic nitrogens is 2. The van der Waals surface area contributed by atoms with Crippen LogP contribution < -0.4 is 20.5 Å². The second-order valence-electron chi connectivity index (χ2n) is 9.01. The molecule has 3 aromatic carbocycles. The van der Waals surface area contributed by atoms with E-state index in [0.29, 0.717) is 24.0 Å². The van der Waals surface area contributed by atoms with Crippen LogP contribution in [-0.4, -0.2) is 53.1 Å². The summed E-state index contributed by atoms with van der Waals surface area (Å²) < 4.78 is 37.1. The van der Waals surface area contributed by atoms with Gasteiger partial charge in [-0.2, -0.15) is 18.3 Å². The number of carboxylic acid groups (broad SMARTS) is 1. The van der Waals surface area contributed by atoms with E-state index < -0.39 is 12.1 Å². The lowest BCUT2D eigenvalue weighted by Gasteiger charge is -2.18. The number of carbonyl (C=O) groups excluding carboxylic acids is 1. The normalized spacial score (nSPS) is 15.0. The summed E-state index contributed by atoms with van der Waals surface area (Å²) in [5.74, 6) is -1.96. The Balaban J connectivity index is 0.000000470. The summed E-state index contributed by atoms with van der Waals surface area (Å²) in [6, 6.07) is 20.7. The molecule has 1 aliphatic rings. The maximum absolute atomic E-state index is 13.1. The van der Waals surface area contributed by atoms with E-state index >= 15 is 0 Å². The molecular weight excluding hydrogens is 529 g/mol. The van der Waals surface area contributed by atoms with Crippen LogP contribution in [0.4, 0.5) is 24.5 Å². The Labute approximate surface area is 226 Å². The van der Waals surface area contributed by atoms with E-state index in [1.54, 1.807) is 18.1 Å². The quantitative estimate of drug-likeness (QED) is 0.325. The standard InChI is InChI=1S/C26H24N4O3.C2HF3O2/c1-16-13-18(15-20(14-16)33-2)27-23-11-12-30(26(23)32)19-9-7-17(8-10-19)24-21-5-3-4-6-22(21)25(31)29-28-24;3-2(4,5)1(6)7/h3-10,13-15,23,27H,11-12H2,1-2H3,(H,29,31);(H,6,7). The minimum Gasteiger partial charge on any atom is -0.497 e. The van der Waals surface area contributed by atoms with Gasteiger partial charge in [0.2, 0.25) is 5.91 Å². The molecule has 1 unspecified atom stereocenters. The van der Waals surface area contributed by atoms with Crippen LogP contribution in [0.3, 0.4) is 0 Å². The van der Waals surface area contributed by atoms with Crippen molar-refractivity contribution >= 4 is 34.0 Å². The molecule has 5 rings (SSSR count). The van der Waals surface area contributed by atoms with Crippen molar-refractivity contribution < 1.29 is 32.6 Å². The fraction of sp³-hybridized carbons (Fsp3) is 0.214. The van der Waals surface area contributed by atoms with Gasteiger partial charge < -0.3 is 20.1 Å². The summed E-state index contributed by atoms with van der Waals surface area (Å²) in [6.45, 7) is 2.64. The number of aromatic amines is 1. The van der Waals surface area contributed by atoms with Gasteiger partial charge in [-0.1, -0.05) is 30.3 Å². The van der Waals surface area contributed by atoms with E-state index in [2.05, 4.69) is 15.5 Å². The lowest BCUT2D eigenvalue weighted by Crippen LogP contribution is -2.33. The zero-order valence-electron chi connectivity index (χ0n) is 21.5. The van der Waals surface area contributed by atoms with Gasteiger partial charge in [-0.05, 0) is 49.2 Å². The number of carbonyl (C=O) groups is 2. The van der Waals surface area contributed by atoms with Crippen molar-refractivity contribution in [2.24, 2.45) is 0 Å². The molecule has 9 nitrogen and oxygen atoms in total. The number of anilines is 2. The molecule has 0 bridgehead atoms. The first-order valence-corrected chi connectivity index (χ1v) is 12.1. The van der Waals surface area contributed by atoms with Crippen LogP contribution in [-0.2, 0) is 9.59 Å². The second-order valence-corrected chi connectivity index (χ2v) is 9.01. The summed E-state index contributed by atoms with van der Waals surface area (Å²) in [5, 5.41) is 18.7. The van der Waals surface area contributed by atoms with Crippen molar-refractivity contribution in [3.05, 3.63) is 82.6 Å². The number of fused-ring (bicyclic) bond motifs is 1. The smallest absolute Gasteiger partial charge is 0.490 e. The van der Waals surface area contributed by atoms with Crippen LogP contribution in [0.25, 0.3) is 22.0 Å². The zero-order valence-corrected chi connectivity index (χ0v) is 21.5. The van der Waals surface area contributed by atoms with Crippen molar-refractivity contribution in [3.63, 3.8) is 0 Å². The molecule has 1 fully saturated rings. The minimum absolute atomic E-state index is 0.0378. The third-order valence-electron chi connectivity index (χ3n) is 6.22.